The van der Waals surface area contributed by atoms with E-state index in [9.17, 15) is 9.18 Å². The predicted molar refractivity (Wildman–Crippen MR) is 121 cm³/mol. The third-order valence-electron chi connectivity index (χ3n) is 5.77. The van der Waals surface area contributed by atoms with E-state index < -0.39 is 0 Å². The molecule has 0 bridgehead atoms. The normalized spacial score (nSPS) is 15.2. The van der Waals surface area contributed by atoms with E-state index in [2.05, 4.69) is 63.6 Å². The second-order valence-corrected chi connectivity index (χ2v) is 7.94. The van der Waals surface area contributed by atoms with Gasteiger partial charge in [0.15, 0.2) is 0 Å². The van der Waals surface area contributed by atoms with Crippen LogP contribution in [0.5, 0.6) is 0 Å². The summed E-state index contributed by atoms with van der Waals surface area (Å²) in [5, 5.41) is 2.93. The van der Waals surface area contributed by atoms with Crippen molar-refractivity contribution in [2.45, 2.75) is 12.6 Å². The van der Waals surface area contributed by atoms with Crippen molar-refractivity contribution in [3.05, 3.63) is 107 Å². The maximum atomic E-state index is 13.0. The van der Waals surface area contributed by atoms with Gasteiger partial charge < -0.3 is 5.32 Å². The number of hydrogen-bond acceptors (Lipinski definition) is 3. The molecule has 1 aliphatic rings. The number of nitrogens with one attached hydrogen (secondary N) is 1. The highest BCUT2D eigenvalue weighted by Gasteiger charge is 2.26. The van der Waals surface area contributed by atoms with Gasteiger partial charge in [-0.15, -0.1) is 0 Å². The Labute approximate surface area is 183 Å². The summed E-state index contributed by atoms with van der Waals surface area (Å²) in [5.41, 5.74) is 3.48. The van der Waals surface area contributed by atoms with E-state index in [1.165, 1.54) is 23.3 Å². The molecule has 1 aliphatic heterocycles. The Morgan fingerprint density at radius 2 is 1.35 bits per heavy atom. The molecule has 0 saturated carbocycles. The summed E-state index contributed by atoms with van der Waals surface area (Å²) < 4.78 is 13.0. The van der Waals surface area contributed by atoms with Crippen LogP contribution in [0.3, 0.4) is 0 Å². The molecule has 1 saturated heterocycles. The molecule has 0 spiro atoms. The average Bonchev–Trinajstić information content (AvgIpc) is 2.81. The Balaban J connectivity index is 1.32. The first kappa shape index (κ1) is 21.2. The zero-order valence-electron chi connectivity index (χ0n) is 17.6. The third kappa shape index (κ3) is 5.78. The van der Waals surface area contributed by atoms with E-state index in [1.54, 1.807) is 12.1 Å². The van der Waals surface area contributed by atoms with E-state index in [4.69, 9.17) is 0 Å². The van der Waals surface area contributed by atoms with Gasteiger partial charge in [0.1, 0.15) is 5.82 Å². The lowest BCUT2D eigenvalue weighted by molar-refractivity contribution is -0.122. The fourth-order valence-corrected chi connectivity index (χ4v) is 4.13. The lowest BCUT2D eigenvalue weighted by Crippen LogP contribution is -2.50. The van der Waals surface area contributed by atoms with Crippen LogP contribution in [0.15, 0.2) is 84.9 Å². The van der Waals surface area contributed by atoms with Gasteiger partial charge in [-0.3, -0.25) is 14.6 Å². The molecule has 1 heterocycles. The molecule has 0 unspecified atom stereocenters. The quantitative estimate of drug-likeness (QED) is 0.634. The Bertz CT molecular complexity index is 915. The van der Waals surface area contributed by atoms with Gasteiger partial charge >= 0.3 is 0 Å². The third-order valence-corrected chi connectivity index (χ3v) is 5.77. The summed E-state index contributed by atoms with van der Waals surface area (Å²) in [6, 6.07) is 27.6. The Morgan fingerprint density at radius 3 is 1.90 bits per heavy atom. The smallest absolute Gasteiger partial charge is 0.234 e. The van der Waals surface area contributed by atoms with Crippen molar-refractivity contribution in [2.75, 3.05) is 32.7 Å². The van der Waals surface area contributed by atoms with Crippen LogP contribution in [0.4, 0.5) is 4.39 Å². The summed E-state index contributed by atoms with van der Waals surface area (Å²) in [4.78, 5) is 17.1. The molecule has 0 aromatic heterocycles. The number of carbonyl (C=O) groups excluding carboxylic acids is 1. The number of piperazine rings is 1. The fourth-order valence-electron chi connectivity index (χ4n) is 4.13. The van der Waals surface area contributed by atoms with Crippen molar-refractivity contribution in [3.63, 3.8) is 0 Å². The van der Waals surface area contributed by atoms with E-state index >= 15 is 0 Å². The zero-order chi connectivity index (χ0) is 21.5. The number of benzene rings is 3. The summed E-state index contributed by atoms with van der Waals surface area (Å²) in [6.07, 6.45) is 0. The maximum absolute atomic E-state index is 13.0. The first-order valence-electron chi connectivity index (χ1n) is 10.8. The SMILES string of the molecule is O=C(CN1CCN(C(c2ccccc2)c2ccccc2)CC1)NCc1ccc(F)cc1. The number of halogens is 1. The molecule has 31 heavy (non-hydrogen) atoms. The van der Waals surface area contributed by atoms with Crippen LogP contribution >= 0.6 is 0 Å². The number of rotatable bonds is 7. The van der Waals surface area contributed by atoms with Crippen LogP contribution in [0, 0.1) is 5.82 Å². The summed E-state index contributed by atoms with van der Waals surface area (Å²) in [5.74, 6) is -0.266. The number of hydrogen-bond donors (Lipinski definition) is 1. The van der Waals surface area contributed by atoms with Crippen molar-refractivity contribution < 1.29 is 9.18 Å². The van der Waals surface area contributed by atoms with Crippen LogP contribution < -0.4 is 5.32 Å². The van der Waals surface area contributed by atoms with E-state index in [0.29, 0.717) is 13.1 Å². The van der Waals surface area contributed by atoms with Crippen LogP contribution in [-0.4, -0.2) is 48.4 Å². The van der Waals surface area contributed by atoms with E-state index in [1.807, 2.05) is 12.1 Å². The standard InChI is InChI=1S/C26H28FN3O/c27-24-13-11-21(12-14-24)19-28-25(31)20-29-15-17-30(18-16-29)26(22-7-3-1-4-8-22)23-9-5-2-6-10-23/h1-14,26H,15-20H2,(H,28,31). The summed E-state index contributed by atoms with van der Waals surface area (Å²) in [7, 11) is 0. The highest BCUT2D eigenvalue weighted by Crippen LogP contribution is 2.29. The van der Waals surface area contributed by atoms with Crippen LogP contribution in [0.2, 0.25) is 0 Å². The van der Waals surface area contributed by atoms with Gasteiger partial charge in [-0.05, 0) is 28.8 Å². The molecular weight excluding hydrogens is 389 g/mol. The van der Waals surface area contributed by atoms with Gasteiger partial charge in [-0.25, -0.2) is 4.39 Å². The van der Waals surface area contributed by atoms with E-state index in [0.717, 1.165) is 31.7 Å². The van der Waals surface area contributed by atoms with Crippen LogP contribution in [0.25, 0.3) is 0 Å². The molecule has 3 aromatic rings. The molecular formula is C26H28FN3O. The number of amides is 1. The molecule has 160 valence electrons. The molecule has 3 aromatic carbocycles. The average molecular weight is 418 g/mol. The highest BCUT2D eigenvalue weighted by molar-refractivity contribution is 5.78. The van der Waals surface area contributed by atoms with Crippen molar-refractivity contribution in [1.82, 2.24) is 15.1 Å². The molecule has 0 atom stereocenters. The highest BCUT2D eigenvalue weighted by atomic mass is 19.1. The minimum Gasteiger partial charge on any atom is -0.351 e. The van der Waals surface area contributed by atoms with Gasteiger partial charge in [0.05, 0.1) is 12.6 Å². The molecule has 5 heteroatoms. The molecule has 0 aliphatic carbocycles. The minimum atomic E-state index is -0.266. The summed E-state index contributed by atoms with van der Waals surface area (Å²) in [6.45, 7) is 4.30. The Kier molecular flexibility index (Phi) is 7.07. The van der Waals surface area contributed by atoms with Crippen molar-refractivity contribution in [2.24, 2.45) is 0 Å². The second-order valence-electron chi connectivity index (χ2n) is 7.94. The fraction of sp³-hybridized carbons (Fsp3) is 0.269. The Hall–Kier alpha value is -3.02. The summed E-state index contributed by atoms with van der Waals surface area (Å²) >= 11 is 0. The van der Waals surface area contributed by atoms with Crippen LogP contribution in [-0.2, 0) is 11.3 Å². The van der Waals surface area contributed by atoms with Gasteiger partial charge in [-0.1, -0.05) is 72.8 Å². The predicted octanol–water partition coefficient (Wildman–Crippen LogP) is 3.85. The second kappa shape index (κ2) is 10.3. The van der Waals surface area contributed by atoms with Crippen molar-refractivity contribution in [3.8, 4) is 0 Å². The molecule has 4 nitrogen and oxygen atoms in total. The largest absolute Gasteiger partial charge is 0.351 e. The lowest BCUT2D eigenvalue weighted by atomic mass is 9.96. The van der Waals surface area contributed by atoms with Gasteiger partial charge in [0.2, 0.25) is 5.91 Å². The van der Waals surface area contributed by atoms with Crippen molar-refractivity contribution in [1.29, 1.82) is 0 Å². The monoisotopic (exact) mass is 417 g/mol. The topological polar surface area (TPSA) is 35.6 Å². The molecule has 1 amide bonds. The molecule has 1 N–H and O–H groups in total. The first-order chi connectivity index (χ1) is 15.2. The first-order valence-corrected chi connectivity index (χ1v) is 10.8. The van der Waals surface area contributed by atoms with Gasteiger partial charge in [0.25, 0.3) is 0 Å². The van der Waals surface area contributed by atoms with Gasteiger partial charge in [0, 0.05) is 32.7 Å². The minimum absolute atomic E-state index is 0.000411. The van der Waals surface area contributed by atoms with Crippen molar-refractivity contribution >= 4 is 5.91 Å². The van der Waals surface area contributed by atoms with Gasteiger partial charge in [-0.2, -0.15) is 0 Å². The molecule has 4 rings (SSSR count). The van der Waals surface area contributed by atoms with E-state index in [-0.39, 0.29) is 17.8 Å². The maximum Gasteiger partial charge on any atom is 0.234 e. The number of nitrogens with zero attached hydrogens (tertiary/aromatic N) is 2. The molecule has 1 fully saturated rings. The number of carbonyl (C=O) groups is 1. The molecule has 0 radical (unpaired) electrons. The Morgan fingerprint density at radius 1 is 0.806 bits per heavy atom. The van der Waals surface area contributed by atoms with Crippen LogP contribution in [0.1, 0.15) is 22.7 Å². The zero-order valence-corrected chi connectivity index (χ0v) is 17.6. The lowest BCUT2D eigenvalue weighted by Gasteiger charge is -2.39.